The molecule has 0 spiro atoms. The highest BCUT2D eigenvalue weighted by Gasteiger charge is 2.42. The Kier molecular flexibility index (Phi) is 3.89. The van der Waals surface area contributed by atoms with Crippen LogP contribution in [0.2, 0.25) is 0 Å². The van der Waals surface area contributed by atoms with E-state index in [-0.39, 0.29) is 6.04 Å². The Morgan fingerprint density at radius 1 is 1.16 bits per heavy atom. The van der Waals surface area contributed by atoms with E-state index < -0.39 is 5.67 Å². The lowest BCUT2D eigenvalue weighted by molar-refractivity contribution is 0.0330. The highest BCUT2D eigenvalue weighted by molar-refractivity contribution is 5.85. The molecule has 2 aliphatic rings. The van der Waals surface area contributed by atoms with E-state index >= 15 is 0 Å². The molecule has 1 saturated carbocycles. The normalized spacial score (nSPS) is 24.5. The number of rotatable bonds is 4. The molecule has 4 aromatic rings. The molecular weight excluding hydrogens is 395 g/mol. The van der Waals surface area contributed by atoms with E-state index in [9.17, 15) is 4.39 Å². The minimum absolute atomic E-state index is 0.130. The van der Waals surface area contributed by atoms with E-state index in [2.05, 4.69) is 47.9 Å². The number of hydrogen-bond acceptors (Lipinski definition) is 6. The molecule has 9 heteroatoms. The van der Waals surface area contributed by atoms with Crippen molar-refractivity contribution in [1.29, 1.82) is 0 Å². The summed E-state index contributed by atoms with van der Waals surface area (Å²) in [5, 5.41) is 7.99. The summed E-state index contributed by atoms with van der Waals surface area (Å²) in [4.78, 5) is 16.0. The van der Waals surface area contributed by atoms with Gasteiger partial charge in [-0.15, -0.1) is 5.10 Å². The van der Waals surface area contributed by atoms with Crippen LogP contribution in [0.25, 0.3) is 27.8 Å². The Balaban J connectivity index is 1.35. The standard InChI is InChI=1S/C22H25FN8/c1-13-26-20-18(31(13)16-7-22(2,23)8-16)6-14(9-24-20)17-4-5-30-19(17)10-25-21(28-30)27-15-11-29(3)12-15/h4-6,9-10,15-16H,7-8,11-12H2,1-3H3,(H,27,28). The molecule has 31 heavy (non-hydrogen) atoms. The first-order valence-electron chi connectivity index (χ1n) is 10.7. The maximum atomic E-state index is 14.1. The van der Waals surface area contributed by atoms with Crippen LogP contribution in [-0.4, -0.2) is 65.9 Å². The fourth-order valence-electron chi connectivity index (χ4n) is 4.99. The number of anilines is 1. The van der Waals surface area contributed by atoms with Gasteiger partial charge in [0.1, 0.15) is 11.5 Å². The molecule has 0 atom stereocenters. The number of nitrogens with one attached hydrogen (secondary N) is 1. The van der Waals surface area contributed by atoms with Crippen LogP contribution in [0, 0.1) is 6.92 Å². The minimum Gasteiger partial charge on any atom is -0.348 e. The lowest BCUT2D eigenvalue weighted by Crippen LogP contribution is -2.52. The summed E-state index contributed by atoms with van der Waals surface area (Å²) >= 11 is 0. The van der Waals surface area contributed by atoms with Crippen LogP contribution in [0.5, 0.6) is 0 Å². The zero-order chi connectivity index (χ0) is 21.3. The third-order valence-electron chi connectivity index (χ3n) is 6.54. The lowest BCUT2D eigenvalue weighted by Gasteiger charge is -2.40. The first-order chi connectivity index (χ1) is 14.9. The van der Waals surface area contributed by atoms with Gasteiger partial charge in [-0.3, -0.25) is 0 Å². The van der Waals surface area contributed by atoms with E-state index in [1.807, 2.05) is 36.1 Å². The molecule has 0 bridgehead atoms. The quantitative estimate of drug-likeness (QED) is 0.546. The van der Waals surface area contributed by atoms with E-state index in [0.29, 0.717) is 30.5 Å². The van der Waals surface area contributed by atoms with Gasteiger partial charge in [0.2, 0.25) is 5.95 Å². The predicted molar refractivity (Wildman–Crippen MR) is 117 cm³/mol. The van der Waals surface area contributed by atoms with Crippen LogP contribution in [0.1, 0.15) is 31.6 Å². The smallest absolute Gasteiger partial charge is 0.241 e. The van der Waals surface area contributed by atoms with Crippen molar-refractivity contribution in [2.45, 2.75) is 44.4 Å². The summed E-state index contributed by atoms with van der Waals surface area (Å²) in [7, 11) is 2.10. The number of pyridine rings is 1. The number of nitrogens with zero attached hydrogens (tertiary/aromatic N) is 7. The summed E-state index contributed by atoms with van der Waals surface area (Å²) in [6, 6.07) is 4.65. The van der Waals surface area contributed by atoms with Crippen molar-refractivity contribution in [3.63, 3.8) is 0 Å². The van der Waals surface area contributed by atoms with Gasteiger partial charge < -0.3 is 14.8 Å². The average Bonchev–Trinajstić information content (AvgIpc) is 3.24. The van der Waals surface area contributed by atoms with Gasteiger partial charge in [0.15, 0.2) is 5.65 Å². The fourth-order valence-corrected chi connectivity index (χ4v) is 4.99. The number of aryl methyl sites for hydroxylation is 1. The van der Waals surface area contributed by atoms with Crippen LogP contribution >= 0.6 is 0 Å². The number of aromatic nitrogens is 6. The number of likely N-dealkylation sites (tertiary alicyclic amines) is 1. The number of halogens is 1. The van der Waals surface area contributed by atoms with E-state index in [4.69, 9.17) is 0 Å². The van der Waals surface area contributed by atoms with Crippen molar-refractivity contribution in [3.05, 3.63) is 36.5 Å². The number of fused-ring (bicyclic) bond motifs is 2. The van der Waals surface area contributed by atoms with Crippen molar-refractivity contribution in [2.75, 3.05) is 25.5 Å². The van der Waals surface area contributed by atoms with Crippen LogP contribution in [0.3, 0.4) is 0 Å². The largest absolute Gasteiger partial charge is 0.348 e. The molecule has 160 valence electrons. The number of hydrogen-bond donors (Lipinski definition) is 1. The molecule has 0 amide bonds. The van der Waals surface area contributed by atoms with Crippen molar-refractivity contribution in [1.82, 2.24) is 34.0 Å². The molecule has 0 unspecified atom stereocenters. The van der Waals surface area contributed by atoms with Gasteiger partial charge in [-0.2, -0.15) is 0 Å². The second-order valence-corrected chi connectivity index (χ2v) is 9.27. The summed E-state index contributed by atoms with van der Waals surface area (Å²) < 4.78 is 18.1. The molecule has 1 saturated heterocycles. The molecule has 1 N–H and O–H groups in total. The minimum atomic E-state index is -1.09. The second-order valence-electron chi connectivity index (χ2n) is 9.27. The van der Waals surface area contributed by atoms with Gasteiger partial charge in [-0.25, -0.2) is 23.9 Å². The van der Waals surface area contributed by atoms with E-state index in [1.54, 1.807) is 6.92 Å². The lowest BCUT2D eigenvalue weighted by atomic mass is 9.78. The van der Waals surface area contributed by atoms with Crippen LogP contribution in [-0.2, 0) is 0 Å². The molecule has 8 nitrogen and oxygen atoms in total. The molecule has 6 rings (SSSR count). The number of imidazole rings is 1. The summed E-state index contributed by atoms with van der Waals surface area (Å²) in [6.07, 6.45) is 6.65. The maximum Gasteiger partial charge on any atom is 0.241 e. The van der Waals surface area contributed by atoms with Crippen molar-refractivity contribution < 1.29 is 4.39 Å². The number of likely N-dealkylation sites (N-methyl/N-ethyl adjacent to an activating group) is 1. The molecule has 4 aromatic heterocycles. The predicted octanol–water partition coefficient (Wildman–Crippen LogP) is 3.24. The van der Waals surface area contributed by atoms with Gasteiger partial charge in [-0.1, -0.05) is 0 Å². The average molecular weight is 420 g/mol. The molecule has 1 aliphatic carbocycles. The Labute approximate surface area is 179 Å². The maximum absolute atomic E-state index is 14.1. The molecule has 0 aromatic carbocycles. The van der Waals surface area contributed by atoms with Crippen LogP contribution < -0.4 is 5.32 Å². The van der Waals surface area contributed by atoms with Gasteiger partial charge in [0.25, 0.3) is 0 Å². The molecule has 2 fully saturated rings. The van der Waals surface area contributed by atoms with Crippen LogP contribution in [0.4, 0.5) is 10.3 Å². The molecular formula is C22H25FN8. The zero-order valence-corrected chi connectivity index (χ0v) is 17.9. The van der Waals surface area contributed by atoms with Gasteiger partial charge in [0, 0.05) is 55.5 Å². The first kappa shape index (κ1) is 18.7. The highest BCUT2D eigenvalue weighted by Crippen LogP contribution is 2.45. The third-order valence-corrected chi connectivity index (χ3v) is 6.54. The highest BCUT2D eigenvalue weighted by atomic mass is 19.1. The Hall–Kier alpha value is -3.07. The third kappa shape index (κ3) is 3.06. The Morgan fingerprint density at radius 2 is 1.97 bits per heavy atom. The Bertz CT molecular complexity index is 1290. The first-order valence-corrected chi connectivity index (χ1v) is 10.7. The number of alkyl halides is 1. The van der Waals surface area contributed by atoms with Gasteiger partial charge in [-0.05, 0) is 33.0 Å². The van der Waals surface area contributed by atoms with E-state index in [0.717, 1.165) is 41.1 Å². The summed E-state index contributed by atoms with van der Waals surface area (Å²) in [5.41, 5.74) is 3.46. The Morgan fingerprint density at radius 3 is 2.71 bits per heavy atom. The van der Waals surface area contributed by atoms with Crippen molar-refractivity contribution in [3.8, 4) is 11.1 Å². The van der Waals surface area contributed by atoms with E-state index in [1.165, 1.54) is 0 Å². The van der Waals surface area contributed by atoms with Crippen molar-refractivity contribution >= 4 is 22.6 Å². The fraction of sp³-hybridized carbons (Fsp3) is 0.455. The van der Waals surface area contributed by atoms with Gasteiger partial charge in [0.05, 0.1) is 23.3 Å². The molecule has 0 radical (unpaired) electrons. The molecule has 5 heterocycles. The zero-order valence-electron chi connectivity index (χ0n) is 17.9. The van der Waals surface area contributed by atoms with Crippen LogP contribution in [0.15, 0.2) is 30.7 Å². The molecule has 1 aliphatic heterocycles. The van der Waals surface area contributed by atoms with Gasteiger partial charge >= 0.3 is 0 Å². The SMILES string of the molecule is Cc1nc2ncc(-c3ccn4nc(NC5CN(C)C5)ncc34)cc2n1C1CC(C)(F)C1. The van der Waals surface area contributed by atoms with Crippen molar-refractivity contribution in [2.24, 2.45) is 0 Å². The topological polar surface area (TPSA) is 76.2 Å². The monoisotopic (exact) mass is 420 g/mol. The summed E-state index contributed by atoms with van der Waals surface area (Å²) in [6.45, 7) is 5.63. The second kappa shape index (κ2) is 6.46. The summed E-state index contributed by atoms with van der Waals surface area (Å²) in [5.74, 6) is 1.51.